The number of nitrogens with one attached hydrogen (secondary N) is 2. The summed E-state index contributed by atoms with van der Waals surface area (Å²) in [6.45, 7) is 8.29. The molecule has 0 heterocycles. The predicted molar refractivity (Wildman–Crippen MR) is 61.4 cm³/mol. The van der Waals surface area contributed by atoms with Gasteiger partial charge in [-0.05, 0) is 44.5 Å². The summed E-state index contributed by atoms with van der Waals surface area (Å²) in [6, 6.07) is 4.48. The van der Waals surface area contributed by atoms with Gasteiger partial charge in [-0.2, -0.15) is 0 Å². The fourth-order valence-electron chi connectivity index (χ4n) is 1.80. The smallest absolute Gasteiger partial charge is 0.0454 e. The van der Waals surface area contributed by atoms with Crippen LogP contribution in [0.25, 0.3) is 0 Å². The molecule has 1 rings (SSSR count). The Morgan fingerprint density at radius 3 is 2.14 bits per heavy atom. The first-order valence-electron chi connectivity index (χ1n) is 5.07. The third kappa shape index (κ3) is 2.82. The lowest BCUT2D eigenvalue weighted by atomic mass is 10.00. The van der Waals surface area contributed by atoms with Crippen LogP contribution in [0.1, 0.15) is 22.3 Å². The molecule has 0 saturated heterocycles. The van der Waals surface area contributed by atoms with Crippen LogP contribution in [0.15, 0.2) is 12.1 Å². The van der Waals surface area contributed by atoms with E-state index in [1.807, 2.05) is 7.05 Å². The first-order chi connectivity index (χ1) is 6.65. The van der Waals surface area contributed by atoms with Crippen molar-refractivity contribution in [2.24, 2.45) is 0 Å². The number of aryl methyl sites for hydroxylation is 3. The van der Waals surface area contributed by atoms with Crippen molar-refractivity contribution in [2.45, 2.75) is 27.3 Å². The topological polar surface area (TPSA) is 24.1 Å². The van der Waals surface area contributed by atoms with Crippen molar-refractivity contribution in [3.8, 4) is 0 Å². The molecule has 0 aliphatic heterocycles. The standard InChI is InChI=1S/C12H20N2/c1-9-5-10(2)12(11(3)6-9)7-14-8-13-4/h5-6,13-14H,7-8H2,1-4H3. The summed E-state index contributed by atoms with van der Waals surface area (Å²) in [7, 11) is 1.95. The maximum Gasteiger partial charge on any atom is 0.0454 e. The van der Waals surface area contributed by atoms with Gasteiger partial charge in [0.15, 0.2) is 0 Å². The normalized spacial score (nSPS) is 10.6. The zero-order valence-corrected chi connectivity index (χ0v) is 9.57. The second kappa shape index (κ2) is 5.13. The molecule has 0 atom stereocenters. The maximum atomic E-state index is 3.34. The molecular weight excluding hydrogens is 172 g/mol. The van der Waals surface area contributed by atoms with Crippen LogP contribution < -0.4 is 10.6 Å². The molecule has 2 nitrogen and oxygen atoms in total. The van der Waals surface area contributed by atoms with Gasteiger partial charge >= 0.3 is 0 Å². The molecule has 0 aliphatic carbocycles. The molecule has 2 N–H and O–H groups in total. The minimum absolute atomic E-state index is 0.854. The lowest BCUT2D eigenvalue weighted by Gasteiger charge is -2.12. The second-order valence-electron chi connectivity index (χ2n) is 3.83. The molecule has 0 bridgehead atoms. The second-order valence-corrected chi connectivity index (χ2v) is 3.83. The van der Waals surface area contributed by atoms with Crippen LogP contribution >= 0.6 is 0 Å². The van der Waals surface area contributed by atoms with Gasteiger partial charge in [0.25, 0.3) is 0 Å². The van der Waals surface area contributed by atoms with Crippen LogP contribution in [-0.2, 0) is 6.54 Å². The fraction of sp³-hybridized carbons (Fsp3) is 0.500. The maximum absolute atomic E-state index is 3.34. The molecule has 0 spiro atoms. The van der Waals surface area contributed by atoms with Gasteiger partial charge in [-0.1, -0.05) is 17.7 Å². The molecule has 0 unspecified atom stereocenters. The van der Waals surface area contributed by atoms with Gasteiger partial charge in [-0.3, -0.25) is 0 Å². The van der Waals surface area contributed by atoms with Crippen LogP contribution in [0.2, 0.25) is 0 Å². The molecule has 0 fully saturated rings. The fourth-order valence-corrected chi connectivity index (χ4v) is 1.80. The number of rotatable bonds is 4. The van der Waals surface area contributed by atoms with Crippen molar-refractivity contribution in [2.75, 3.05) is 13.7 Å². The third-order valence-corrected chi connectivity index (χ3v) is 2.44. The Morgan fingerprint density at radius 1 is 1.07 bits per heavy atom. The Labute approximate surface area is 86.7 Å². The van der Waals surface area contributed by atoms with Crippen molar-refractivity contribution >= 4 is 0 Å². The molecular formula is C12H20N2. The number of hydrogen-bond donors (Lipinski definition) is 2. The molecule has 14 heavy (non-hydrogen) atoms. The van der Waals surface area contributed by atoms with E-state index in [2.05, 4.69) is 43.5 Å². The summed E-state index contributed by atoms with van der Waals surface area (Å²) in [4.78, 5) is 0. The molecule has 0 saturated carbocycles. The zero-order chi connectivity index (χ0) is 10.6. The third-order valence-electron chi connectivity index (χ3n) is 2.44. The van der Waals surface area contributed by atoms with Crippen LogP contribution in [0, 0.1) is 20.8 Å². The summed E-state index contributed by atoms with van der Waals surface area (Å²) in [5.74, 6) is 0. The van der Waals surface area contributed by atoms with Crippen LogP contribution in [-0.4, -0.2) is 13.7 Å². The van der Waals surface area contributed by atoms with Crippen molar-refractivity contribution in [3.63, 3.8) is 0 Å². The Morgan fingerprint density at radius 2 is 1.64 bits per heavy atom. The Balaban J connectivity index is 2.75. The average Bonchev–Trinajstić information content (AvgIpc) is 2.09. The Bertz CT molecular complexity index is 282. The number of hydrogen-bond acceptors (Lipinski definition) is 2. The quantitative estimate of drug-likeness (QED) is 0.562. The highest BCUT2D eigenvalue weighted by Gasteiger charge is 2.02. The molecule has 78 valence electrons. The van der Waals surface area contributed by atoms with Crippen molar-refractivity contribution in [3.05, 3.63) is 34.4 Å². The van der Waals surface area contributed by atoms with Gasteiger partial charge in [-0.15, -0.1) is 0 Å². The van der Waals surface area contributed by atoms with Gasteiger partial charge in [-0.25, -0.2) is 0 Å². The van der Waals surface area contributed by atoms with E-state index in [1.165, 1.54) is 22.3 Å². The molecule has 0 aliphatic rings. The van der Waals surface area contributed by atoms with E-state index in [0.717, 1.165) is 13.2 Å². The summed E-state index contributed by atoms with van der Waals surface area (Å²) >= 11 is 0. The Kier molecular flexibility index (Phi) is 4.11. The molecule has 0 amide bonds. The van der Waals surface area contributed by atoms with Gasteiger partial charge < -0.3 is 10.6 Å². The van der Waals surface area contributed by atoms with Gasteiger partial charge in [0.05, 0.1) is 0 Å². The van der Waals surface area contributed by atoms with Crippen LogP contribution in [0.5, 0.6) is 0 Å². The van der Waals surface area contributed by atoms with E-state index in [0.29, 0.717) is 0 Å². The monoisotopic (exact) mass is 192 g/mol. The van der Waals surface area contributed by atoms with Gasteiger partial charge in [0.1, 0.15) is 0 Å². The molecule has 0 aromatic heterocycles. The highest BCUT2D eigenvalue weighted by Crippen LogP contribution is 2.15. The van der Waals surface area contributed by atoms with Crippen molar-refractivity contribution in [1.82, 2.24) is 10.6 Å². The Hall–Kier alpha value is -0.860. The first kappa shape index (κ1) is 11.2. The lowest BCUT2D eigenvalue weighted by molar-refractivity contribution is 0.628. The summed E-state index contributed by atoms with van der Waals surface area (Å²) in [5, 5.41) is 6.42. The largest absolute Gasteiger partial charge is 0.308 e. The SMILES string of the molecule is CNCNCc1c(C)cc(C)cc1C. The zero-order valence-electron chi connectivity index (χ0n) is 9.57. The average molecular weight is 192 g/mol. The van der Waals surface area contributed by atoms with E-state index in [-0.39, 0.29) is 0 Å². The lowest BCUT2D eigenvalue weighted by Crippen LogP contribution is -2.25. The van der Waals surface area contributed by atoms with Crippen molar-refractivity contribution < 1.29 is 0 Å². The highest BCUT2D eigenvalue weighted by molar-refractivity contribution is 5.37. The molecule has 0 radical (unpaired) electrons. The summed E-state index contributed by atoms with van der Waals surface area (Å²) in [6.07, 6.45) is 0. The molecule has 2 heteroatoms. The van der Waals surface area contributed by atoms with E-state index in [4.69, 9.17) is 0 Å². The van der Waals surface area contributed by atoms with Crippen LogP contribution in [0.4, 0.5) is 0 Å². The van der Waals surface area contributed by atoms with E-state index >= 15 is 0 Å². The molecule has 1 aromatic carbocycles. The first-order valence-corrected chi connectivity index (χ1v) is 5.07. The summed E-state index contributed by atoms with van der Waals surface area (Å²) in [5.41, 5.74) is 5.53. The van der Waals surface area contributed by atoms with E-state index in [9.17, 15) is 0 Å². The van der Waals surface area contributed by atoms with E-state index < -0.39 is 0 Å². The molecule has 1 aromatic rings. The van der Waals surface area contributed by atoms with Crippen molar-refractivity contribution in [1.29, 1.82) is 0 Å². The van der Waals surface area contributed by atoms with Gasteiger partial charge in [0, 0.05) is 13.2 Å². The minimum Gasteiger partial charge on any atom is -0.308 e. The van der Waals surface area contributed by atoms with E-state index in [1.54, 1.807) is 0 Å². The predicted octanol–water partition coefficient (Wildman–Crippen LogP) is 1.88. The van der Waals surface area contributed by atoms with Crippen LogP contribution in [0.3, 0.4) is 0 Å². The highest BCUT2D eigenvalue weighted by atomic mass is 15.0. The number of benzene rings is 1. The van der Waals surface area contributed by atoms with Gasteiger partial charge in [0.2, 0.25) is 0 Å². The summed E-state index contributed by atoms with van der Waals surface area (Å²) < 4.78 is 0. The minimum atomic E-state index is 0.854.